The van der Waals surface area contributed by atoms with Crippen LogP contribution in [0.3, 0.4) is 0 Å². The van der Waals surface area contributed by atoms with Crippen LogP contribution in [0.5, 0.6) is 5.75 Å². The van der Waals surface area contributed by atoms with Crippen molar-refractivity contribution in [3.8, 4) is 5.75 Å². The van der Waals surface area contributed by atoms with Crippen molar-refractivity contribution >= 4 is 11.8 Å². The molecule has 2 bridgehead atoms. The molecule has 1 unspecified atom stereocenters. The average Bonchev–Trinajstić information content (AvgIpc) is 2.89. The van der Waals surface area contributed by atoms with E-state index in [1.54, 1.807) is 6.07 Å². The molecule has 8 heteroatoms. The summed E-state index contributed by atoms with van der Waals surface area (Å²) in [6.45, 7) is 5.93. The Morgan fingerprint density at radius 2 is 1.89 bits per heavy atom. The zero-order valence-electron chi connectivity index (χ0n) is 22.6. The first kappa shape index (κ1) is 29.6. The summed E-state index contributed by atoms with van der Waals surface area (Å²) in [6.07, 6.45) is 2.99. The van der Waals surface area contributed by atoms with Crippen molar-refractivity contribution in [1.82, 2.24) is 16.0 Å². The van der Waals surface area contributed by atoms with Crippen molar-refractivity contribution < 1.29 is 23.8 Å². The molecule has 208 valence electrons. The Hall–Kier alpha value is -2.97. The maximum atomic E-state index is 14.5. The molecule has 0 spiro atoms. The molecule has 2 aromatic carbocycles. The van der Waals surface area contributed by atoms with Gasteiger partial charge in [-0.3, -0.25) is 9.59 Å². The molecule has 0 saturated heterocycles. The monoisotopic (exact) mass is 527 g/mol. The molecule has 2 aromatic rings. The van der Waals surface area contributed by atoms with Gasteiger partial charge in [-0.15, -0.1) is 0 Å². The van der Waals surface area contributed by atoms with Gasteiger partial charge in [0.1, 0.15) is 11.6 Å². The number of nitrogens with one attached hydrogen (secondary N) is 3. The van der Waals surface area contributed by atoms with Crippen molar-refractivity contribution in [3.63, 3.8) is 0 Å². The maximum Gasteiger partial charge on any atom is 0.220 e. The fraction of sp³-hybridized carbons (Fsp3) is 0.533. The fourth-order valence-corrected chi connectivity index (χ4v) is 4.77. The van der Waals surface area contributed by atoms with E-state index in [4.69, 9.17) is 4.74 Å². The first-order valence-corrected chi connectivity index (χ1v) is 13.8. The SMILES string of the molecule is CCCC1CCNC(=O)CCC(=O)N[C@H]([C@H](O)CNCc2cccc(CC)c2)Cc2cc(F)cc(c2)OC1. The fourth-order valence-electron chi connectivity index (χ4n) is 4.77. The molecule has 1 aliphatic heterocycles. The Morgan fingerprint density at radius 1 is 1.11 bits per heavy atom. The molecule has 0 radical (unpaired) electrons. The van der Waals surface area contributed by atoms with Crippen LogP contribution in [-0.2, 0) is 29.0 Å². The maximum absolute atomic E-state index is 14.5. The van der Waals surface area contributed by atoms with Gasteiger partial charge in [0, 0.05) is 38.5 Å². The molecule has 1 heterocycles. The summed E-state index contributed by atoms with van der Waals surface area (Å²) in [6, 6.07) is 12.1. The lowest BCUT2D eigenvalue weighted by molar-refractivity contribution is -0.127. The van der Waals surface area contributed by atoms with E-state index in [0.717, 1.165) is 31.2 Å². The molecule has 4 N–H and O–H groups in total. The zero-order valence-corrected chi connectivity index (χ0v) is 22.6. The highest BCUT2D eigenvalue weighted by Gasteiger charge is 2.23. The number of aryl methyl sites for hydroxylation is 1. The van der Waals surface area contributed by atoms with Crippen molar-refractivity contribution in [3.05, 3.63) is 65.0 Å². The van der Waals surface area contributed by atoms with Crippen molar-refractivity contribution in [2.75, 3.05) is 19.7 Å². The summed E-state index contributed by atoms with van der Waals surface area (Å²) in [5, 5.41) is 20.0. The number of aliphatic hydroxyl groups is 1. The first-order valence-electron chi connectivity index (χ1n) is 13.8. The molecule has 0 saturated carbocycles. The smallest absolute Gasteiger partial charge is 0.220 e. The number of halogens is 1. The number of ether oxygens (including phenoxy) is 1. The molecule has 2 amide bonds. The number of carbonyl (C=O) groups excluding carboxylic acids is 2. The van der Waals surface area contributed by atoms with Crippen LogP contribution in [0.1, 0.15) is 62.6 Å². The van der Waals surface area contributed by atoms with Crippen LogP contribution >= 0.6 is 0 Å². The van der Waals surface area contributed by atoms with Crippen LogP contribution in [0.25, 0.3) is 0 Å². The Kier molecular flexibility index (Phi) is 12.0. The Bertz CT molecular complexity index is 1050. The van der Waals surface area contributed by atoms with Crippen LogP contribution in [0.2, 0.25) is 0 Å². The second-order valence-electron chi connectivity index (χ2n) is 10.1. The largest absolute Gasteiger partial charge is 0.493 e. The lowest BCUT2D eigenvalue weighted by Gasteiger charge is -2.25. The molecule has 3 atom stereocenters. The minimum Gasteiger partial charge on any atom is -0.493 e. The second-order valence-corrected chi connectivity index (χ2v) is 10.1. The topological polar surface area (TPSA) is 99.7 Å². The molecule has 7 nitrogen and oxygen atoms in total. The number of hydrogen-bond donors (Lipinski definition) is 4. The number of rotatable bonds is 8. The zero-order chi connectivity index (χ0) is 27.3. The summed E-state index contributed by atoms with van der Waals surface area (Å²) in [5.74, 6) is -0.286. The van der Waals surface area contributed by atoms with E-state index >= 15 is 0 Å². The van der Waals surface area contributed by atoms with Crippen molar-refractivity contribution in [1.29, 1.82) is 0 Å². The summed E-state index contributed by atoms with van der Waals surface area (Å²) >= 11 is 0. The van der Waals surface area contributed by atoms with Crippen molar-refractivity contribution in [2.24, 2.45) is 5.92 Å². The van der Waals surface area contributed by atoms with E-state index in [9.17, 15) is 19.1 Å². The minimum atomic E-state index is -0.928. The third-order valence-corrected chi connectivity index (χ3v) is 6.92. The highest BCUT2D eigenvalue weighted by molar-refractivity contribution is 5.83. The molecular formula is C30H42FN3O4. The van der Waals surface area contributed by atoms with Crippen LogP contribution in [-0.4, -0.2) is 48.8 Å². The third kappa shape index (κ3) is 10.1. The number of aliphatic hydroxyl groups excluding tert-OH is 1. The molecular weight excluding hydrogens is 485 g/mol. The normalized spacial score (nSPS) is 20.2. The van der Waals surface area contributed by atoms with Crippen LogP contribution < -0.4 is 20.7 Å². The van der Waals surface area contributed by atoms with E-state index in [1.165, 1.54) is 17.7 Å². The summed E-state index contributed by atoms with van der Waals surface area (Å²) in [4.78, 5) is 25.0. The predicted octanol–water partition coefficient (Wildman–Crippen LogP) is 3.66. The van der Waals surface area contributed by atoms with E-state index < -0.39 is 18.0 Å². The van der Waals surface area contributed by atoms with Gasteiger partial charge in [0.15, 0.2) is 0 Å². The number of amides is 2. The van der Waals surface area contributed by atoms with Gasteiger partial charge >= 0.3 is 0 Å². The predicted molar refractivity (Wildman–Crippen MR) is 146 cm³/mol. The van der Waals surface area contributed by atoms with Gasteiger partial charge in [0.05, 0.1) is 18.8 Å². The van der Waals surface area contributed by atoms with Crippen LogP contribution in [0.4, 0.5) is 4.39 Å². The van der Waals surface area contributed by atoms with E-state index in [2.05, 4.69) is 41.9 Å². The lowest BCUT2D eigenvalue weighted by atomic mass is 9.99. The molecule has 0 aromatic heterocycles. The number of benzene rings is 2. The molecule has 38 heavy (non-hydrogen) atoms. The summed E-state index contributed by atoms with van der Waals surface area (Å²) in [7, 11) is 0. The molecule has 0 fully saturated rings. The Balaban J connectivity index is 1.73. The molecule has 1 aliphatic rings. The Labute approximate surface area is 225 Å². The van der Waals surface area contributed by atoms with Gasteiger partial charge in [-0.1, -0.05) is 44.5 Å². The van der Waals surface area contributed by atoms with E-state index in [1.807, 2.05) is 12.1 Å². The van der Waals surface area contributed by atoms with Crippen molar-refractivity contribution in [2.45, 2.75) is 77.5 Å². The molecule has 0 aliphatic carbocycles. The van der Waals surface area contributed by atoms with Gasteiger partial charge < -0.3 is 25.8 Å². The number of carbonyl (C=O) groups is 2. The summed E-state index contributed by atoms with van der Waals surface area (Å²) in [5.41, 5.74) is 2.97. The summed E-state index contributed by atoms with van der Waals surface area (Å²) < 4.78 is 20.5. The van der Waals surface area contributed by atoms with E-state index in [0.29, 0.717) is 31.0 Å². The average molecular weight is 528 g/mol. The van der Waals surface area contributed by atoms with Gasteiger partial charge in [0.25, 0.3) is 0 Å². The van der Waals surface area contributed by atoms with E-state index in [-0.39, 0.29) is 43.5 Å². The lowest BCUT2D eigenvalue weighted by Crippen LogP contribution is -2.48. The highest BCUT2D eigenvalue weighted by Crippen LogP contribution is 2.21. The van der Waals surface area contributed by atoms with Gasteiger partial charge in [-0.25, -0.2) is 4.39 Å². The Morgan fingerprint density at radius 3 is 2.68 bits per heavy atom. The quantitative estimate of drug-likeness (QED) is 0.420. The second kappa shape index (κ2) is 15.4. The van der Waals surface area contributed by atoms with Crippen LogP contribution in [0, 0.1) is 11.7 Å². The third-order valence-electron chi connectivity index (χ3n) is 6.92. The van der Waals surface area contributed by atoms with Gasteiger partial charge in [-0.05, 0) is 60.4 Å². The number of fused-ring (bicyclic) bond motifs is 2. The molecule has 3 rings (SSSR count). The van der Waals surface area contributed by atoms with Gasteiger partial charge in [0.2, 0.25) is 11.8 Å². The number of hydrogen-bond acceptors (Lipinski definition) is 5. The minimum absolute atomic E-state index is 0.0161. The first-order chi connectivity index (χ1) is 18.4. The highest BCUT2D eigenvalue weighted by atomic mass is 19.1. The van der Waals surface area contributed by atoms with Crippen LogP contribution in [0.15, 0.2) is 42.5 Å². The standard InChI is InChI=1S/C30H42FN3O4/c1-3-6-22-11-12-33-29(36)9-10-30(37)34-27(16-24-14-25(31)17-26(15-24)38-20-22)28(35)19-32-18-23-8-5-7-21(4-2)13-23/h5,7-8,13-15,17,22,27-28,32,35H,3-4,6,9-12,16,18-20H2,1-2H3,(H,33,36)(H,34,37)/t22?,27-,28+/m0/s1. The van der Waals surface area contributed by atoms with Gasteiger partial charge in [-0.2, -0.15) is 0 Å².